The fraction of sp³-hybridized carbons (Fsp3) is 0.926. The predicted molar refractivity (Wildman–Crippen MR) is 124 cm³/mol. The predicted octanol–water partition coefficient (Wildman–Crippen LogP) is 4.71. The van der Waals surface area contributed by atoms with Gasteiger partial charge in [-0.3, -0.25) is 0 Å². The molecule has 2 N–H and O–H groups in total. The van der Waals surface area contributed by atoms with Gasteiger partial charge in [0.25, 0.3) is 0 Å². The maximum Gasteiger partial charge on any atom is 0.0594 e. The minimum Gasteiger partial charge on any atom is -0.393 e. The van der Waals surface area contributed by atoms with E-state index in [0.717, 1.165) is 6.42 Å². The Labute approximate surface area is 185 Å². The van der Waals surface area contributed by atoms with E-state index in [-0.39, 0.29) is 16.9 Å². The normalized spacial score (nSPS) is 56.7. The third kappa shape index (κ3) is 2.19. The number of nitrogens with one attached hydrogen (secondary N) is 1. The molecular weight excluding hydrogens is 368 g/mol. The number of rotatable bonds is 3. The van der Waals surface area contributed by atoms with Crippen LogP contribution in [0.2, 0.25) is 0 Å². The van der Waals surface area contributed by atoms with Crippen LogP contribution in [-0.4, -0.2) is 49.3 Å². The zero-order chi connectivity index (χ0) is 21.9. The summed E-state index contributed by atoms with van der Waals surface area (Å²) < 4.78 is 0. The first kappa shape index (κ1) is 21.5. The van der Waals surface area contributed by atoms with Crippen molar-refractivity contribution in [2.45, 2.75) is 91.3 Å². The van der Waals surface area contributed by atoms with Crippen LogP contribution >= 0.6 is 0 Å². The molecule has 0 saturated heterocycles. The summed E-state index contributed by atoms with van der Waals surface area (Å²) in [7, 11) is 6.62. The van der Waals surface area contributed by atoms with Gasteiger partial charge in [0.2, 0.25) is 0 Å². The Morgan fingerprint density at radius 3 is 2.23 bits per heavy atom. The molecule has 4 fully saturated rings. The molecule has 0 aromatic heterocycles. The number of allylic oxidation sites excluding steroid dienone is 2. The monoisotopic (exact) mass is 414 g/mol. The lowest BCUT2D eigenvalue weighted by Gasteiger charge is -2.62. The Bertz CT molecular complexity index is 760. The van der Waals surface area contributed by atoms with Crippen molar-refractivity contribution in [2.75, 3.05) is 21.1 Å². The fourth-order valence-corrected chi connectivity index (χ4v) is 10.7. The van der Waals surface area contributed by atoms with E-state index in [0.29, 0.717) is 46.1 Å². The molecule has 0 unspecified atom stereocenters. The number of fused-ring (bicyclic) bond motifs is 2. The molecule has 0 aromatic carbocycles. The highest BCUT2D eigenvalue weighted by atomic mass is 16.3. The van der Waals surface area contributed by atoms with E-state index in [1.54, 1.807) is 0 Å². The standard InChI is InChI=1S/C27H46N2O/c1-17(28-6)22-18(30)15-25(5)20-10-9-19-23(2,3)21(29(7)8)11-12-26(19)16-27(20,26)14-13-24(22,25)4/h9-10,17-22,28,30H,11-16H2,1-8H3/t17-,18+,19+,20+,21-,22-,24+,25-,26+,27-/m0/s1. The molecule has 0 heterocycles. The molecule has 3 nitrogen and oxygen atoms in total. The molecule has 0 bridgehead atoms. The van der Waals surface area contributed by atoms with Gasteiger partial charge in [0.15, 0.2) is 0 Å². The molecule has 170 valence electrons. The van der Waals surface area contributed by atoms with E-state index in [2.05, 4.69) is 78.1 Å². The molecule has 5 aliphatic carbocycles. The first-order valence-electron chi connectivity index (χ1n) is 12.6. The largest absolute Gasteiger partial charge is 0.393 e. The van der Waals surface area contributed by atoms with E-state index in [1.807, 2.05) is 0 Å². The summed E-state index contributed by atoms with van der Waals surface area (Å²) in [6.07, 6.45) is 13.0. The van der Waals surface area contributed by atoms with Gasteiger partial charge in [0, 0.05) is 18.0 Å². The molecule has 0 radical (unpaired) electrons. The van der Waals surface area contributed by atoms with Crippen molar-refractivity contribution < 1.29 is 5.11 Å². The smallest absolute Gasteiger partial charge is 0.0594 e. The molecule has 5 aliphatic rings. The highest BCUT2D eigenvalue weighted by Crippen LogP contribution is 2.87. The Hall–Kier alpha value is -0.380. The van der Waals surface area contributed by atoms with Crippen LogP contribution < -0.4 is 5.32 Å². The average Bonchev–Trinajstić information content (AvgIpc) is 3.26. The Morgan fingerprint density at radius 1 is 0.967 bits per heavy atom. The summed E-state index contributed by atoms with van der Waals surface area (Å²) in [6, 6.07) is 1.04. The van der Waals surface area contributed by atoms with Crippen LogP contribution in [0.15, 0.2) is 12.2 Å². The highest BCUT2D eigenvalue weighted by molar-refractivity contribution is 5.37. The van der Waals surface area contributed by atoms with Gasteiger partial charge < -0.3 is 15.3 Å². The molecular formula is C27H46N2O. The summed E-state index contributed by atoms with van der Waals surface area (Å²) >= 11 is 0. The van der Waals surface area contributed by atoms with Crippen molar-refractivity contribution in [3.05, 3.63) is 12.2 Å². The van der Waals surface area contributed by atoms with Crippen LogP contribution in [0.3, 0.4) is 0 Å². The topological polar surface area (TPSA) is 35.5 Å². The van der Waals surface area contributed by atoms with Gasteiger partial charge in [0.05, 0.1) is 6.10 Å². The van der Waals surface area contributed by atoms with Crippen LogP contribution in [0.1, 0.15) is 73.1 Å². The highest BCUT2D eigenvalue weighted by Gasteiger charge is 2.82. The third-order valence-electron chi connectivity index (χ3n) is 12.2. The minimum atomic E-state index is -0.181. The summed E-state index contributed by atoms with van der Waals surface area (Å²) in [5.74, 6) is 1.69. The fourth-order valence-electron chi connectivity index (χ4n) is 10.7. The molecule has 0 aromatic rings. The zero-order valence-corrected chi connectivity index (χ0v) is 20.8. The number of aliphatic hydroxyl groups excluding tert-OH is 1. The number of hydrogen-bond donors (Lipinski definition) is 2. The van der Waals surface area contributed by atoms with E-state index < -0.39 is 0 Å². The van der Waals surface area contributed by atoms with Crippen LogP contribution in [0.25, 0.3) is 0 Å². The Kier molecular flexibility index (Phi) is 4.39. The summed E-state index contributed by atoms with van der Waals surface area (Å²) in [6.45, 7) is 12.4. The lowest BCUT2D eigenvalue weighted by Crippen LogP contribution is -2.58. The van der Waals surface area contributed by atoms with Gasteiger partial charge >= 0.3 is 0 Å². The van der Waals surface area contributed by atoms with E-state index >= 15 is 0 Å². The van der Waals surface area contributed by atoms with Gasteiger partial charge in [-0.05, 0) is 106 Å². The van der Waals surface area contributed by atoms with Crippen molar-refractivity contribution >= 4 is 0 Å². The van der Waals surface area contributed by atoms with Gasteiger partial charge in [0.1, 0.15) is 0 Å². The second-order valence-electron chi connectivity index (χ2n) is 13.4. The van der Waals surface area contributed by atoms with Crippen molar-refractivity contribution in [3.8, 4) is 0 Å². The number of aliphatic hydroxyl groups is 1. The molecule has 3 heteroatoms. The first-order valence-corrected chi connectivity index (χ1v) is 12.6. The molecule has 2 spiro atoms. The lowest BCUT2D eigenvalue weighted by molar-refractivity contribution is -0.105. The first-order chi connectivity index (χ1) is 13.9. The zero-order valence-electron chi connectivity index (χ0n) is 20.8. The summed E-state index contributed by atoms with van der Waals surface area (Å²) in [5, 5.41) is 14.8. The van der Waals surface area contributed by atoms with Gasteiger partial charge in [-0.25, -0.2) is 0 Å². The van der Waals surface area contributed by atoms with Crippen LogP contribution in [0, 0.1) is 44.8 Å². The third-order valence-corrected chi connectivity index (χ3v) is 12.2. The molecule has 5 rings (SSSR count). The maximum atomic E-state index is 11.3. The lowest BCUT2D eigenvalue weighted by atomic mass is 9.43. The molecule has 0 amide bonds. The van der Waals surface area contributed by atoms with Crippen molar-refractivity contribution in [2.24, 2.45) is 44.8 Å². The van der Waals surface area contributed by atoms with Gasteiger partial charge in [-0.1, -0.05) is 39.8 Å². The van der Waals surface area contributed by atoms with Crippen LogP contribution in [-0.2, 0) is 0 Å². The van der Waals surface area contributed by atoms with Gasteiger partial charge in [-0.2, -0.15) is 0 Å². The second-order valence-corrected chi connectivity index (χ2v) is 13.4. The minimum absolute atomic E-state index is 0.181. The average molecular weight is 415 g/mol. The van der Waals surface area contributed by atoms with Crippen molar-refractivity contribution in [1.82, 2.24) is 10.2 Å². The molecule has 0 aliphatic heterocycles. The van der Waals surface area contributed by atoms with Crippen molar-refractivity contribution in [1.29, 1.82) is 0 Å². The Morgan fingerprint density at radius 2 is 1.60 bits per heavy atom. The maximum absolute atomic E-state index is 11.3. The SMILES string of the molecule is CN[C@@H](C)[C@H]1[C@H](O)C[C@@]2(C)[C@H]3C=C[C@@H]4C(C)(C)[C@@H](N(C)C)CC[C@@]45C[C@@]35CC[C@]12C. The number of hydrogen-bond acceptors (Lipinski definition) is 3. The van der Waals surface area contributed by atoms with Crippen LogP contribution in [0.4, 0.5) is 0 Å². The van der Waals surface area contributed by atoms with Crippen molar-refractivity contribution in [3.63, 3.8) is 0 Å². The van der Waals surface area contributed by atoms with Gasteiger partial charge in [-0.15, -0.1) is 0 Å². The van der Waals surface area contributed by atoms with E-state index in [1.165, 1.54) is 32.1 Å². The summed E-state index contributed by atoms with van der Waals surface area (Å²) in [4.78, 5) is 2.48. The van der Waals surface area contributed by atoms with E-state index in [9.17, 15) is 5.11 Å². The van der Waals surface area contributed by atoms with E-state index in [4.69, 9.17) is 0 Å². The molecule has 10 atom stereocenters. The number of nitrogens with zero attached hydrogens (tertiary/aromatic N) is 1. The second kappa shape index (κ2) is 6.14. The quantitative estimate of drug-likeness (QED) is 0.657. The Balaban J connectivity index is 1.56. The molecule has 4 saturated carbocycles. The molecule has 30 heavy (non-hydrogen) atoms. The van der Waals surface area contributed by atoms with Crippen LogP contribution in [0.5, 0.6) is 0 Å². The summed E-state index contributed by atoms with van der Waals surface area (Å²) in [5.41, 5.74) is 1.75.